The second kappa shape index (κ2) is 7.21. The highest BCUT2D eigenvalue weighted by Crippen LogP contribution is 2.42. The van der Waals surface area contributed by atoms with Crippen molar-refractivity contribution in [2.75, 3.05) is 6.61 Å². The van der Waals surface area contributed by atoms with Gasteiger partial charge in [0, 0.05) is 16.7 Å². The van der Waals surface area contributed by atoms with E-state index >= 15 is 0 Å². The number of ether oxygens (including phenoxy) is 1. The van der Waals surface area contributed by atoms with E-state index in [0.717, 1.165) is 16.7 Å². The van der Waals surface area contributed by atoms with Crippen LogP contribution >= 0.6 is 0 Å². The number of carbonyl (C=O) groups excluding carboxylic acids is 1. The normalized spacial score (nSPS) is 12.4. The second-order valence-corrected chi connectivity index (χ2v) is 9.34. The number of hydrogen-bond acceptors (Lipinski definition) is 5. The molecule has 154 valence electrons. The highest BCUT2D eigenvalue weighted by molar-refractivity contribution is 5.93. The maximum Gasteiger partial charge on any atom is 0.338 e. The van der Waals surface area contributed by atoms with Crippen molar-refractivity contribution in [3.8, 4) is 17.2 Å². The van der Waals surface area contributed by atoms with Crippen molar-refractivity contribution in [2.24, 2.45) is 0 Å². The van der Waals surface area contributed by atoms with Crippen molar-refractivity contribution >= 4 is 17.1 Å². The van der Waals surface area contributed by atoms with E-state index < -0.39 is 0 Å². The topological polar surface area (TPSA) is 72.6 Å². The number of fused-ring (bicyclic) bond motifs is 1. The summed E-state index contributed by atoms with van der Waals surface area (Å²) in [4.78, 5) is 16.6. The summed E-state index contributed by atoms with van der Waals surface area (Å²) in [6.07, 6.45) is 0. The Morgan fingerprint density at radius 3 is 2.14 bits per heavy atom. The first-order valence-electron chi connectivity index (χ1n) is 9.88. The Morgan fingerprint density at radius 1 is 1.03 bits per heavy atom. The minimum Gasteiger partial charge on any atom is -0.507 e. The summed E-state index contributed by atoms with van der Waals surface area (Å²) >= 11 is 0. The minimum atomic E-state index is -0.381. The van der Waals surface area contributed by atoms with E-state index in [9.17, 15) is 9.90 Å². The van der Waals surface area contributed by atoms with Crippen LogP contribution in [0, 0.1) is 0 Å². The first-order valence-corrected chi connectivity index (χ1v) is 9.88. The van der Waals surface area contributed by atoms with E-state index in [0.29, 0.717) is 34.9 Å². The van der Waals surface area contributed by atoms with Gasteiger partial charge in [-0.3, -0.25) is 0 Å². The van der Waals surface area contributed by atoms with Gasteiger partial charge in [-0.25, -0.2) is 9.78 Å². The number of benzene rings is 2. The van der Waals surface area contributed by atoms with Gasteiger partial charge in [0.1, 0.15) is 11.3 Å². The van der Waals surface area contributed by atoms with Crippen LogP contribution in [0.1, 0.15) is 70.0 Å². The molecule has 0 unspecified atom stereocenters. The average Bonchev–Trinajstić information content (AvgIpc) is 3.03. The predicted octanol–water partition coefficient (Wildman–Crippen LogP) is 5.97. The molecule has 0 saturated heterocycles. The number of carbonyl (C=O) groups is 1. The first-order chi connectivity index (χ1) is 13.4. The molecule has 1 N–H and O–H groups in total. The Kier molecular flexibility index (Phi) is 5.20. The van der Waals surface area contributed by atoms with Crippen LogP contribution in [0.5, 0.6) is 5.75 Å². The molecule has 0 radical (unpaired) electrons. The van der Waals surface area contributed by atoms with Crippen molar-refractivity contribution in [3.05, 3.63) is 47.0 Å². The summed E-state index contributed by atoms with van der Waals surface area (Å²) in [5.74, 6) is 0.389. The fourth-order valence-electron chi connectivity index (χ4n) is 3.29. The number of aromatic nitrogens is 1. The van der Waals surface area contributed by atoms with E-state index in [1.54, 1.807) is 25.1 Å². The quantitative estimate of drug-likeness (QED) is 0.553. The molecule has 3 aromatic rings. The summed E-state index contributed by atoms with van der Waals surface area (Å²) in [5.41, 5.74) is 3.61. The van der Waals surface area contributed by atoms with Gasteiger partial charge in [0.2, 0.25) is 5.89 Å². The molecule has 1 heterocycles. The second-order valence-electron chi connectivity index (χ2n) is 9.34. The molecule has 5 heteroatoms. The molecule has 3 rings (SSSR count). The zero-order valence-corrected chi connectivity index (χ0v) is 18.2. The van der Waals surface area contributed by atoms with Crippen LogP contribution in [0.2, 0.25) is 0 Å². The molecule has 5 nitrogen and oxygen atoms in total. The van der Waals surface area contributed by atoms with Gasteiger partial charge in [-0.05, 0) is 48.1 Å². The molecule has 0 saturated carbocycles. The zero-order chi connectivity index (χ0) is 21.6. The molecule has 0 atom stereocenters. The van der Waals surface area contributed by atoms with Crippen LogP contribution in [0.15, 0.2) is 34.7 Å². The van der Waals surface area contributed by atoms with Crippen molar-refractivity contribution in [2.45, 2.75) is 59.3 Å². The molecular formula is C24H29NO4. The van der Waals surface area contributed by atoms with Crippen molar-refractivity contribution in [3.63, 3.8) is 0 Å². The number of nitrogens with zero attached hydrogens (tertiary/aromatic N) is 1. The molecular weight excluding hydrogens is 366 g/mol. The molecule has 1 aromatic heterocycles. The molecule has 0 fully saturated rings. The Labute approximate surface area is 171 Å². The van der Waals surface area contributed by atoms with Gasteiger partial charge in [0.25, 0.3) is 0 Å². The van der Waals surface area contributed by atoms with Crippen molar-refractivity contribution in [1.82, 2.24) is 4.98 Å². The molecule has 0 spiro atoms. The third kappa shape index (κ3) is 4.14. The van der Waals surface area contributed by atoms with Gasteiger partial charge < -0.3 is 14.3 Å². The number of phenolic OH excluding ortho intramolecular Hbond substituents is 1. The van der Waals surface area contributed by atoms with Crippen LogP contribution in [0.4, 0.5) is 0 Å². The highest BCUT2D eigenvalue weighted by atomic mass is 16.5. The van der Waals surface area contributed by atoms with E-state index in [1.165, 1.54) is 0 Å². The maximum absolute atomic E-state index is 12.0. The summed E-state index contributed by atoms with van der Waals surface area (Å²) in [5, 5.41) is 10.9. The Bertz CT molecular complexity index is 1030. The number of esters is 1. The lowest BCUT2D eigenvalue weighted by atomic mass is 9.78. The molecule has 0 aliphatic carbocycles. The molecule has 0 aliphatic rings. The molecule has 0 amide bonds. The Hall–Kier alpha value is -2.82. The van der Waals surface area contributed by atoms with E-state index in [4.69, 9.17) is 9.15 Å². The Balaban J connectivity index is 2.17. The van der Waals surface area contributed by atoms with Crippen LogP contribution in [0.25, 0.3) is 22.6 Å². The highest BCUT2D eigenvalue weighted by Gasteiger charge is 2.27. The molecule has 2 aromatic carbocycles. The van der Waals surface area contributed by atoms with Crippen molar-refractivity contribution in [1.29, 1.82) is 0 Å². The molecule has 0 bridgehead atoms. The van der Waals surface area contributed by atoms with Crippen LogP contribution in [-0.4, -0.2) is 22.7 Å². The fraction of sp³-hybridized carbons (Fsp3) is 0.417. The third-order valence-corrected chi connectivity index (χ3v) is 4.87. The number of phenols is 1. The summed E-state index contributed by atoms with van der Waals surface area (Å²) in [6.45, 7) is 14.5. The van der Waals surface area contributed by atoms with Crippen LogP contribution in [0.3, 0.4) is 0 Å². The lowest BCUT2D eigenvalue weighted by Crippen LogP contribution is -2.17. The fourth-order valence-corrected chi connectivity index (χ4v) is 3.29. The Morgan fingerprint density at radius 2 is 1.62 bits per heavy atom. The number of aromatic hydroxyl groups is 1. The third-order valence-electron chi connectivity index (χ3n) is 4.87. The number of rotatable bonds is 3. The van der Waals surface area contributed by atoms with E-state index in [-0.39, 0.29) is 16.8 Å². The van der Waals surface area contributed by atoms with Gasteiger partial charge in [-0.2, -0.15) is 0 Å². The van der Waals surface area contributed by atoms with E-state index in [2.05, 4.69) is 46.5 Å². The monoisotopic (exact) mass is 395 g/mol. The summed E-state index contributed by atoms with van der Waals surface area (Å²) < 4.78 is 11.0. The van der Waals surface area contributed by atoms with Gasteiger partial charge in [0.05, 0.1) is 12.2 Å². The van der Waals surface area contributed by atoms with Crippen LogP contribution < -0.4 is 0 Å². The number of hydrogen-bond donors (Lipinski definition) is 1. The first kappa shape index (κ1) is 20.9. The van der Waals surface area contributed by atoms with Crippen LogP contribution in [-0.2, 0) is 15.6 Å². The maximum atomic E-state index is 12.0. The molecule has 0 aliphatic heterocycles. The van der Waals surface area contributed by atoms with Crippen molar-refractivity contribution < 1.29 is 19.1 Å². The average molecular weight is 395 g/mol. The smallest absolute Gasteiger partial charge is 0.338 e. The van der Waals surface area contributed by atoms with Gasteiger partial charge in [0.15, 0.2) is 5.58 Å². The predicted molar refractivity (Wildman–Crippen MR) is 114 cm³/mol. The minimum absolute atomic E-state index is 0.247. The lowest BCUT2D eigenvalue weighted by molar-refractivity contribution is 0.0526. The summed E-state index contributed by atoms with van der Waals surface area (Å²) in [7, 11) is 0. The van der Waals surface area contributed by atoms with Gasteiger partial charge in [-0.1, -0.05) is 41.5 Å². The number of oxazole rings is 1. The largest absolute Gasteiger partial charge is 0.507 e. The lowest BCUT2D eigenvalue weighted by Gasteiger charge is -2.27. The zero-order valence-electron chi connectivity index (χ0n) is 18.2. The molecule has 29 heavy (non-hydrogen) atoms. The SMILES string of the molecule is CCOC(=O)c1ccc2oc(-c3cc(C(C)(C)C)c(O)c(C(C)(C)C)c3)nc2c1. The summed E-state index contributed by atoms with van der Waals surface area (Å²) in [6, 6.07) is 8.94. The van der Waals surface area contributed by atoms with Gasteiger partial charge >= 0.3 is 5.97 Å². The van der Waals surface area contributed by atoms with E-state index in [1.807, 2.05) is 12.1 Å². The van der Waals surface area contributed by atoms with Gasteiger partial charge in [-0.15, -0.1) is 0 Å². The standard InChI is InChI=1S/C24H29NO4/c1-8-28-22(27)14-9-10-19-18(13-14)25-21(29-19)15-11-16(23(2,3)4)20(26)17(12-15)24(5,6)7/h9-13,26H,8H2,1-7H3.